The van der Waals surface area contributed by atoms with E-state index in [1.54, 1.807) is 19.1 Å². The van der Waals surface area contributed by atoms with Crippen LogP contribution < -0.4 is 0 Å². The molecule has 0 saturated heterocycles. The maximum absolute atomic E-state index is 13.1. The Balaban J connectivity index is 2.11. The van der Waals surface area contributed by atoms with Crippen molar-refractivity contribution in [2.45, 2.75) is 11.9 Å². The summed E-state index contributed by atoms with van der Waals surface area (Å²) >= 11 is 1.38. The first-order chi connectivity index (χ1) is 10.6. The fraction of sp³-hybridized carbons (Fsp3) is 0.118. The van der Waals surface area contributed by atoms with E-state index >= 15 is 0 Å². The molecule has 0 bridgehead atoms. The molecule has 0 saturated carbocycles. The van der Waals surface area contributed by atoms with Crippen LogP contribution in [0, 0.1) is 5.82 Å². The Bertz CT molecular complexity index is 834. The molecule has 0 unspecified atom stereocenters. The second-order valence-electron chi connectivity index (χ2n) is 4.90. The van der Waals surface area contributed by atoms with Crippen molar-refractivity contribution in [1.29, 1.82) is 0 Å². The predicted molar refractivity (Wildman–Crippen MR) is 86.3 cm³/mol. The van der Waals surface area contributed by atoms with Gasteiger partial charge in [0.1, 0.15) is 22.3 Å². The SMILES string of the molecule is CC(=O)CSc1nnc(-c2ccc(F)cc2)c2ccccc12. The first kappa shape index (κ1) is 14.7. The van der Waals surface area contributed by atoms with Crippen LogP contribution >= 0.6 is 11.8 Å². The molecule has 3 rings (SSSR count). The zero-order chi connectivity index (χ0) is 15.5. The first-order valence-corrected chi connectivity index (χ1v) is 7.77. The number of Topliss-reactive ketones (excluding diaryl/α,β-unsaturated/α-hetero) is 1. The van der Waals surface area contributed by atoms with E-state index in [4.69, 9.17) is 0 Å². The molecule has 3 aromatic rings. The number of hydrogen-bond acceptors (Lipinski definition) is 4. The van der Waals surface area contributed by atoms with Crippen LogP contribution in [-0.2, 0) is 4.79 Å². The summed E-state index contributed by atoms with van der Waals surface area (Å²) in [6.07, 6.45) is 0. The number of hydrogen-bond donors (Lipinski definition) is 0. The molecule has 1 aromatic heterocycles. The van der Waals surface area contributed by atoms with E-state index in [0.717, 1.165) is 21.4 Å². The Kier molecular flexibility index (Phi) is 4.15. The molecule has 0 spiro atoms. The van der Waals surface area contributed by atoms with Crippen molar-refractivity contribution >= 4 is 28.3 Å². The summed E-state index contributed by atoms with van der Waals surface area (Å²) in [7, 11) is 0. The molecule has 2 aromatic carbocycles. The third-order valence-electron chi connectivity index (χ3n) is 3.18. The maximum atomic E-state index is 13.1. The van der Waals surface area contributed by atoms with E-state index in [0.29, 0.717) is 11.4 Å². The van der Waals surface area contributed by atoms with Gasteiger partial charge in [-0.15, -0.1) is 10.2 Å². The second-order valence-corrected chi connectivity index (χ2v) is 5.86. The average molecular weight is 312 g/mol. The van der Waals surface area contributed by atoms with Gasteiger partial charge in [0.15, 0.2) is 0 Å². The smallest absolute Gasteiger partial charge is 0.140 e. The highest BCUT2D eigenvalue weighted by Crippen LogP contribution is 2.31. The monoisotopic (exact) mass is 312 g/mol. The summed E-state index contributed by atoms with van der Waals surface area (Å²) in [6.45, 7) is 1.55. The number of nitrogens with zero attached hydrogens (tertiary/aromatic N) is 2. The summed E-state index contributed by atoms with van der Waals surface area (Å²) in [5.74, 6) is 0.183. The van der Waals surface area contributed by atoms with Crippen molar-refractivity contribution in [2.24, 2.45) is 0 Å². The van der Waals surface area contributed by atoms with Crippen molar-refractivity contribution in [3.05, 3.63) is 54.3 Å². The molecule has 0 fully saturated rings. The van der Waals surface area contributed by atoms with E-state index in [9.17, 15) is 9.18 Å². The van der Waals surface area contributed by atoms with Crippen LogP contribution in [0.2, 0.25) is 0 Å². The summed E-state index contributed by atoms with van der Waals surface area (Å²) < 4.78 is 13.1. The highest BCUT2D eigenvalue weighted by Gasteiger charge is 2.11. The number of benzene rings is 2. The van der Waals surface area contributed by atoms with E-state index in [1.807, 2.05) is 24.3 Å². The van der Waals surface area contributed by atoms with Gasteiger partial charge in [-0.05, 0) is 31.2 Å². The molecular formula is C17H13FN2OS. The molecule has 3 nitrogen and oxygen atoms in total. The van der Waals surface area contributed by atoms with Crippen LogP contribution in [0.4, 0.5) is 4.39 Å². The number of rotatable bonds is 4. The Labute approximate surface area is 131 Å². The van der Waals surface area contributed by atoms with Crippen LogP contribution in [0.15, 0.2) is 53.6 Å². The minimum Gasteiger partial charge on any atom is -0.299 e. The van der Waals surface area contributed by atoms with Crippen LogP contribution in [0.3, 0.4) is 0 Å². The van der Waals surface area contributed by atoms with Gasteiger partial charge in [0.25, 0.3) is 0 Å². The Morgan fingerprint density at radius 1 is 1.05 bits per heavy atom. The average Bonchev–Trinajstić information content (AvgIpc) is 2.53. The van der Waals surface area contributed by atoms with Crippen molar-refractivity contribution in [1.82, 2.24) is 10.2 Å². The molecule has 0 amide bonds. The van der Waals surface area contributed by atoms with Gasteiger partial charge in [-0.25, -0.2) is 4.39 Å². The molecule has 0 aliphatic heterocycles. The minimum atomic E-state index is -0.283. The zero-order valence-corrected chi connectivity index (χ0v) is 12.7. The van der Waals surface area contributed by atoms with Crippen LogP contribution in [-0.4, -0.2) is 21.7 Å². The molecular weight excluding hydrogens is 299 g/mol. The van der Waals surface area contributed by atoms with Gasteiger partial charge in [-0.3, -0.25) is 4.79 Å². The van der Waals surface area contributed by atoms with Crippen LogP contribution in [0.25, 0.3) is 22.0 Å². The largest absolute Gasteiger partial charge is 0.299 e. The molecule has 5 heteroatoms. The van der Waals surface area contributed by atoms with Crippen LogP contribution in [0.5, 0.6) is 0 Å². The first-order valence-electron chi connectivity index (χ1n) is 6.79. The number of fused-ring (bicyclic) bond motifs is 1. The number of aromatic nitrogens is 2. The standard InChI is InChI=1S/C17H13FN2OS/c1-11(21)10-22-17-15-5-3-2-4-14(15)16(19-20-17)12-6-8-13(18)9-7-12/h2-9H,10H2,1H3. The van der Waals surface area contributed by atoms with E-state index in [-0.39, 0.29) is 11.6 Å². The van der Waals surface area contributed by atoms with Crippen molar-refractivity contribution in [2.75, 3.05) is 5.75 Å². The van der Waals surface area contributed by atoms with Gasteiger partial charge >= 0.3 is 0 Å². The van der Waals surface area contributed by atoms with Gasteiger partial charge < -0.3 is 0 Å². The van der Waals surface area contributed by atoms with Gasteiger partial charge in [0.05, 0.1) is 5.75 Å². The number of thioether (sulfide) groups is 1. The highest BCUT2D eigenvalue weighted by atomic mass is 32.2. The fourth-order valence-electron chi connectivity index (χ4n) is 2.18. The van der Waals surface area contributed by atoms with Crippen LogP contribution in [0.1, 0.15) is 6.92 Å². The number of carbonyl (C=O) groups excluding carboxylic acids is 1. The zero-order valence-electron chi connectivity index (χ0n) is 11.9. The predicted octanol–water partition coefficient (Wildman–Crippen LogP) is 4.12. The van der Waals surface area contributed by atoms with E-state index in [1.165, 1.54) is 23.9 Å². The topological polar surface area (TPSA) is 42.9 Å². The Morgan fingerprint density at radius 3 is 2.41 bits per heavy atom. The third kappa shape index (κ3) is 2.99. The van der Waals surface area contributed by atoms with Gasteiger partial charge in [0.2, 0.25) is 0 Å². The lowest BCUT2D eigenvalue weighted by Crippen LogP contribution is -1.97. The molecule has 0 aliphatic carbocycles. The third-order valence-corrected chi connectivity index (χ3v) is 4.31. The van der Waals surface area contributed by atoms with Gasteiger partial charge in [-0.2, -0.15) is 0 Å². The minimum absolute atomic E-state index is 0.0958. The van der Waals surface area contributed by atoms with E-state index < -0.39 is 0 Å². The van der Waals surface area contributed by atoms with Gasteiger partial charge in [-0.1, -0.05) is 36.0 Å². The Hall–Kier alpha value is -2.27. The lowest BCUT2D eigenvalue weighted by Gasteiger charge is -2.08. The summed E-state index contributed by atoms with van der Waals surface area (Å²) in [6, 6.07) is 14.0. The Morgan fingerprint density at radius 2 is 1.73 bits per heavy atom. The molecule has 0 radical (unpaired) electrons. The fourth-order valence-corrected chi connectivity index (χ4v) is 2.95. The molecule has 0 aliphatic rings. The second kappa shape index (κ2) is 6.23. The van der Waals surface area contributed by atoms with Crippen molar-refractivity contribution < 1.29 is 9.18 Å². The summed E-state index contributed by atoms with van der Waals surface area (Å²) in [4.78, 5) is 11.2. The molecule has 22 heavy (non-hydrogen) atoms. The number of carbonyl (C=O) groups is 1. The van der Waals surface area contributed by atoms with Crippen molar-refractivity contribution in [3.63, 3.8) is 0 Å². The number of halogens is 1. The molecule has 0 N–H and O–H groups in total. The lowest BCUT2D eigenvalue weighted by molar-refractivity contribution is -0.114. The lowest BCUT2D eigenvalue weighted by atomic mass is 10.1. The number of ketones is 1. The highest BCUT2D eigenvalue weighted by molar-refractivity contribution is 8.00. The molecule has 0 atom stereocenters. The van der Waals surface area contributed by atoms with Crippen molar-refractivity contribution in [3.8, 4) is 11.3 Å². The van der Waals surface area contributed by atoms with Gasteiger partial charge in [0, 0.05) is 16.3 Å². The van der Waals surface area contributed by atoms with E-state index in [2.05, 4.69) is 10.2 Å². The molecule has 1 heterocycles. The summed E-state index contributed by atoms with van der Waals surface area (Å²) in [5.41, 5.74) is 1.52. The normalized spacial score (nSPS) is 10.8. The summed E-state index contributed by atoms with van der Waals surface area (Å²) in [5, 5.41) is 11.1. The quantitative estimate of drug-likeness (QED) is 0.680. The maximum Gasteiger partial charge on any atom is 0.140 e. The molecule has 110 valence electrons.